The van der Waals surface area contributed by atoms with Gasteiger partial charge in [-0.05, 0) is 133 Å². The van der Waals surface area contributed by atoms with Crippen LogP contribution in [-0.2, 0) is 62.0 Å². The number of amides is 6. The molecule has 0 spiro atoms. The largest absolute Gasteiger partial charge is 0.508 e. The summed E-state index contributed by atoms with van der Waals surface area (Å²) < 4.78 is 52.7. The molecule has 8 aliphatic rings. The molecule has 3 fully saturated rings. The number of aliphatic hydroxyl groups excluding tert-OH is 6. The van der Waals surface area contributed by atoms with Crippen molar-refractivity contribution in [3.8, 4) is 57.1 Å². The summed E-state index contributed by atoms with van der Waals surface area (Å²) in [7, 11) is 0. The number of ketones is 1. The number of phenols is 3. The number of ether oxygens (including phenoxy) is 8. The summed E-state index contributed by atoms with van der Waals surface area (Å²) in [6, 6.07) is 4.95. The van der Waals surface area contributed by atoms with Crippen molar-refractivity contribution in [3.05, 3.63) is 118 Å². The van der Waals surface area contributed by atoms with Gasteiger partial charge in [-0.25, -0.2) is 4.79 Å². The van der Waals surface area contributed by atoms with Crippen LogP contribution in [0.5, 0.6) is 46.0 Å². The number of nitrogens with one attached hydrogen (secondary N) is 6. The summed E-state index contributed by atoms with van der Waals surface area (Å²) in [6.07, 6.45) is -19.4. The van der Waals surface area contributed by atoms with E-state index in [4.69, 9.17) is 43.6 Å². The van der Waals surface area contributed by atoms with Crippen LogP contribution in [0.3, 0.4) is 0 Å². The molecule has 600 valence electrons. The Kier molecular flexibility index (Phi) is 24.8. The van der Waals surface area contributed by atoms with E-state index in [1.165, 1.54) is 60.7 Å². The fourth-order valence-corrected chi connectivity index (χ4v) is 15.1. The fourth-order valence-electron chi connectivity index (χ4n) is 15.1. The summed E-state index contributed by atoms with van der Waals surface area (Å²) in [5.74, 6) is -13.9. The minimum Gasteiger partial charge on any atom is -0.508 e. The van der Waals surface area contributed by atoms with Crippen LogP contribution < -0.4 is 51.8 Å². The molecule has 5 aromatic rings. The van der Waals surface area contributed by atoms with Crippen molar-refractivity contribution in [2.45, 2.75) is 218 Å². The molecule has 13 rings (SSSR count). The van der Waals surface area contributed by atoms with Gasteiger partial charge in [0.1, 0.15) is 83.4 Å². The minimum absolute atomic E-state index is 0.000940. The molecule has 33 heteroatoms. The molecule has 8 aliphatic heterocycles. The fraction of sp³-hybridized carbons (Fsp3) is 0.513. The highest BCUT2D eigenvalue weighted by Gasteiger charge is 2.52. The number of aromatic hydroxyl groups is 3. The Bertz CT molecular complexity index is 4350. The third-order valence-corrected chi connectivity index (χ3v) is 21.2. The molecule has 3 saturated heterocycles. The van der Waals surface area contributed by atoms with Crippen molar-refractivity contribution in [1.82, 2.24) is 31.9 Å². The maximum Gasteiger partial charge on any atom is 0.330 e. The summed E-state index contributed by atoms with van der Waals surface area (Å²) in [5.41, 5.74) is 2.31. The number of hydrogen-bond donors (Lipinski definition) is 17. The number of phenolic OH excluding ortho intramolecular Hbond substituents is 3. The van der Waals surface area contributed by atoms with Gasteiger partial charge in [0, 0.05) is 41.5 Å². The first-order valence-corrected chi connectivity index (χ1v) is 36.7. The van der Waals surface area contributed by atoms with E-state index >= 15 is 19.2 Å². The molecule has 111 heavy (non-hydrogen) atoms. The zero-order valence-electron chi connectivity index (χ0n) is 62.7. The zero-order chi connectivity index (χ0) is 80.7. The first-order valence-electron chi connectivity index (χ1n) is 36.7. The second kappa shape index (κ2) is 33.4. The number of rotatable bonds is 15. The number of aryl methyl sites for hydroxylation is 1. The van der Waals surface area contributed by atoms with E-state index in [-0.39, 0.29) is 58.1 Å². The number of benzene rings is 5. The SMILES string of the molecule is CC[C@H](CC(C)C)C(=O)N[C@H]1C(=O)N[C@@H](CC(N)=O)C(=O)CN[C@H]2C(=O)N[C@H]3C(=O)N[C@H](C(=O)N[C@H](C(=O)O)c4cc(O)cc(O)c4-c4cc3ccc4O)[C@H](O[C@H]3CC(C)(C)[C@@H](O)[C@H](C)O3)c3ccc(c(C)c3)Oc3cc2cc(c3O[C@@H]2O[C@H](CO)[C@@H](O)[C@H](O)[C@H]2O[C@H]2CC(C)(C)[C@@H](O)[C@H](C)O2)Oc2ccc(cc2)[C@H]1O. The van der Waals surface area contributed by atoms with E-state index in [0.717, 1.165) is 24.3 Å². The lowest BCUT2D eigenvalue weighted by Crippen LogP contribution is -2.62. The third-order valence-electron chi connectivity index (χ3n) is 21.2. The predicted octanol–water partition coefficient (Wildman–Crippen LogP) is 3.44. The number of Topliss-reactive ketones (excluding diaryl/α,β-unsaturated/α-hetero) is 1. The summed E-state index contributed by atoms with van der Waals surface area (Å²) >= 11 is 0. The van der Waals surface area contributed by atoms with E-state index in [1.807, 2.05) is 13.8 Å². The first kappa shape index (κ1) is 82.3. The van der Waals surface area contributed by atoms with Gasteiger partial charge in [-0.3, -0.25) is 38.9 Å². The number of aliphatic hydroxyl groups is 6. The van der Waals surface area contributed by atoms with Crippen molar-refractivity contribution in [1.29, 1.82) is 0 Å². The predicted molar refractivity (Wildman–Crippen MR) is 389 cm³/mol. The van der Waals surface area contributed by atoms with E-state index in [0.29, 0.717) is 12.8 Å². The molecule has 6 amide bonds. The molecular weight excluding hydrogens is 1450 g/mol. The van der Waals surface area contributed by atoms with Gasteiger partial charge in [0.2, 0.25) is 47.5 Å². The summed E-state index contributed by atoms with van der Waals surface area (Å²) in [6.45, 7) is 15.3. The lowest BCUT2D eigenvalue weighted by molar-refractivity contribution is -0.337. The molecule has 18 N–H and O–H groups in total. The monoisotopic (exact) mass is 1550 g/mol. The number of carbonyl (C=O) groups excluding carboxylic acids is 7. The van der Waals surface area contributed by atoms with Crippen LogP contribution >= 0.6 is 0 Å². The van der Waals surface area contributed by atoms with Gasteiger partial charge in [0.25, 0.3) is 0 Å². The van der Waals surface area contributed by atoms with Gasteiger partial charge in [-0.2, -0.15) is 0 Å². The lowest BCUT2D eigenvalue weighted by Gasteiger charge is -2.47. The Balaban J connectivity index is 1.17. The Morgan fingerprint density at radius 2 is 1.30 bits per heavy atom. The highest BCUT2D eigenvalue weighted by atomic mass is 16.8. The summed E-state index contributed by atoms with van der Waals surface area (Å²) in [5, 5.41) is 131. The topological polar surface area (TPSA) is 511 Å². The number of aliphatic carboxylic acids is 1. The van der Waals surface area contributed by atoms with Crippen LogP contribution in [0.2, 0.25) is 0 Å². The summed E-state index contributed by atoms with van der Waals surface area (Å²) in [4.78, 5) is 119. The molecular formula is C78H97N7O26. The number of carboxylic acid groups (broad SMARTS) is 1. The molecule has 33 nitrogen and oxygen atoms in total. The van der Waals surface area contributed by atoms with Gasteiger partial charge < -0.3 is 121 Å². The highest BCUT2D eigenvalue weighted by molar-refractivity contribution is 5.99. The smallest absolute Gasteiger partial charge is 0.330 e. The number of carboxylic acids is 1. The standard InChI is InChI=1S/C78H97N7O26/c1-11-36(20-32(2)3)70(97)84-60-62(92)37-12-16-42(17-13-37)106-50-23-40-24-51(66(50)111-76-67(64(94)63(93)52(31-86)108-76)110-55-29-78(9,10)69(96)35(6)105-55)107-49-19-15-39(21-33(49)4)65(109-54-28-77(7,8)68(95)34(5)104-54)61-74(101)83-59(75(102)103)44-25-41(87)26-47(89)56(44)43-22-38(14-18-46(43)88)58(72(99)85-61)82-71(98)57(40)80-30-48(90)45(27-53(79)91)81-73(60)100/h12-19,21-26,32,34-36,45,52,54-55,57-65,67-69,76,80,86-89,92-96H,11,20,27-31H2,1-10H3,(H2,79,91)(H,81,100)(H,82,98)(H,83,101)(H,84,97)(H,85,99)(H,102,103)/t34-,35-,36+,45-,52+,54-,55-,57+,58+,59-,60+,61-,62+,63+,64-,65+,67+,68-,69-,76-/m0/s1. The van der Waals surface area contributed by atoms with Gasteiger partial charge in [0.15, 0.2) is 42.0 Å². The van der Waals surface area contributed by atoms with Crippen LogP contribution in [0.1, 0.15) is 158 Å². The molecule has 0 aliphatic carbocycles. The van der Waals surface area contributed by atoms with Crippen molar-refractivity contribution < 1.29 is 127 Å². The average Bonchev–Trinajstić information content (AvgIpc) is 0.872. The number of primary amides is 1. The van der Waals surface area contributed by atoms with E-state index in [9.17, 15) is 70.2 Å². The van der Waals surface area contributed by atoms with Crippen molar-refractivity contribution in [2.75, 3.05) is 13.2 Å². The van der Waals surface area contributed by atoms with Crippen LogP contribution in [0.4, 0.5) is 0 Å². The van der Waals surface area contributed by atoms with Crippen molar-refractivity contribution in [3.63, 3.8) is 0 Å². The Morgan fingerprint density at radius 3 is 1.90 bits per heavy atom. The van der Waals surface area contributed by atoms with Gasteiger partial charge in [-0.1, -0.05) is 72.7 Å². The quantitative estimate of drug-likeness (QED) is 0.0713. The minimum atomic E-state index is -2.22. The number of carbonyl (C=O) groups is 8. The Morgan fingerprint density at radius 1 is 0.676 bits per heavy atom. The van der Waals surface area contributed by atoms with Crippen LogP contribution in [-0.4, -0.2) is 197 Å². The van der Waals surface area contributed by atoms with Crippen LogP contribution in [0.15, 0.2) is 84.9 Å². The first-order chi connectivity index (χ1) is 52.3. The molecule has 11 bridgehead atoms. The van der Waals surface area contributed by atoms with Crippen LogP contribution in [0.25, 0.3) is 11.1 Å². The number of hydrogen-bond acceptors (Lipinski definition) is 26. The molecule has 20 atom stereocenters. The normalized spacial score (nSPS) is 30.5. The van der Waals surface area contributed by atoms with Crippen molar-refractivity contribution in [2.24, 2.45) is 28.4 Å². The Hall–Kier alpha value is -9.62. The molecule has 0 unspecified atom stereocenters. The lowest BCUT2D eigenvalue weighted by atomic mass is 9.78. The maximum atomic E-state index is 16.3. The third kappa shape index (κ3) is 17.8. The molecule has 0 aromatic heterocycles. The van der Waals surface area contributed by atoms with E-state index in [1.54, 1.807) is 55.4 Å². The highest BCUT2D eigenvalue weighted by Crippen LogP contribution is 2.50. The van der Waals surface area contributed by atoms with E-state index in [2.05, 4.69) is 31.9 Å². The second-order valence-electron chi connectivity index (χ2n) is 31.0. The van der Waals surface area contributed by atoms with Crippen molar-refractivity contribution >= 4 is 47.2 Å². The van der Waals surface area contributed by atoms with Gasteiger partial charge in [0.05, 0.1) is 50.0 Å². The molecule has 0 saturated carbocycles. The van der Waals surface area contributed by atoms with Gasteiger partial charge in [-0.15, -0.1) is 0 Å². The molecule has 0 radical (unpaired) electrons. The zero-order valence-corrected chi connectivity index (χ0v) is 62.7. The maximum absolute atomic E-state index is 16.3. The molecule has 8 heterocycles. The molecule has 5 aromatic carbocycles. The number of fused-ring (bicyclic) bond motifs is 16. The van der Waals surface area contributed by atoms with Gasteiger partial charge >= 0.3 is 5.97 Å². The second-order valence-corrected chi connectivity index (χ2v) is 31.0. The number of nitrogens with two attached hydrogens (primary N) is 1. The Labute approximate surface area is 638 Å². The van der Waals surface area contributed by atoms with E-state index < -0.39 is 251 Å². The average molecular weight is 1550 g/mol. The van der Waals surface area contributed by atoms with Crippen LogP contribution in [0, 0.1) is 29.6 Å².